The van der Waals surface area contributed by atoms with Crippen LogP contribution in [0.5, 0.6) is 0 Å². The van der Waals surface area contributed by atoms with Crippen LogP contribution in [0.4, 0.5) is 0 Å². The molecule has 0 bridgehead atoms. The van der Waals surface area contributed by atoms with Crippen LogP contribution in [0.2, 0.25) is 0 Å². The van der Waals surface area contributed by atoms with E-state index in [-0.39, 0.29) is 35.3 Å². The Kier molecular flexibility index (Phi) is 7.02. The maximum atomic E-state index is 11.7. The molecular formula is C20H34IN3O3S. The Morgan fingerprint density at radius 1 is 1.29 bits per heavy atom. The third-order valence-electron chi connectivity index (χ3n) is 6.97. The van der Waals surface area contributed by atoms with Crippen molar-refractivity contribution in [2.24, 2.45) is 22.2 Å². The molecule has 2 aliphatic heterocycles. The van der Waals surface area contributed by atoms with Gasteiger partial charge in [-0.1, -0.05) is 25.0 Å². The van der Waals surface area contributed by atoms with Crippen molar-refractivity contribution in [2.45, 2.75) is 57.6 Å². The fourth-order valence-electron chi connectivity index (χ4n) is 5.69. The molecule has 160 valence electrons. The molecule has 28 heavy (non-hydrogen) atoms. The van der Waals surface area contributed by atoms with Gasteiger partial charge in [0.25, 0.3) is 0 Å². The highest BCUT2D eigenvalue weighted by atomic mass is 127. The highest BCUT2D eigenvalue weighted by Gasteiger charge is 2.65. The molecule has 0 aromatic rings. The van der Waals surface area contributed by atoms with Crippen molar-refractivity contribution in [3.63, 3.8) is 0 Å². The molecule has 2 N–H and O–H groups in total. The summed E-state index contributed by atoms with van der Waals surface area (Å²) in [4.78, 5) is 4.72. The quantitative estimate of drug-likeness (QED) is 0.251. The number of sulfone groups is 1. The van der Waals surface area contributed by atoms with Crippen LogP contribution in [0, 0.1) is 17.3 Å². The predicted octanol–water partition coefficient (Wildman–Crippen LogP) is 2.50. The van der Waals surface area contributed by atoms with Gasteiger partial charge in [-0.15, -0.1) is 24.0 Å². The fraction of sp³-hybridized carbons (Fsp3) is 0.850. The Morgan fingerprint density at radius 2 is 2.04 bits per heavy atom. The normalized spacial score (nSPS) is 35.1. The fourth-order valence-corrected chi connectivity index (χ4v) is 7.55. The minimum absolute atomic E-state index is 0. The van der Waals surface area contributed by atoms with Crippen molar-refractivity contribution in [3.05, 3.63) is 12.2 Å². The van der Waals surface area contributed by atoms with E-state index < -0.39 is 9.84 Å². The van der Waals surface area contributed by atoms with Crippen molar-refractivity contribution in [1.82, 2.24) is 10.6 Å². The zero-order valence-electron chi connectivity index (χ0n) is 16.8. The standard InChI is InChI=1S/C20H33N3O3S.HI/c1-14(2)11-21-19(22-12-15-6-10-27(24,25)13-15)23-17-16-5-9-26-18(16)20(17)7-3-4-8-20;/h15-18H,1,3-13H2,2H3,(H2,21,22,23);1H. The van der Waals surface area contributed by atoms with Gasteiger partial charge in [-0.25, -0.2) is 13.4 Å². The first kappa shape index (κ1) is 22.3. The molecule has 0 radical (unpaired) electrons. The Morgan fingerprint density at radius 3 is 2.68 bits per heavy atom. The molecule has 4 fully saturated rings. The number of hydrogen-bond donors (Lipinski definition) is 2. The van der Waals surface area contributed by atoms with Crippen LogP contribution >= 0.6 is 24.0 Å². The number of halogens is 1. The predicted molar refractivity (Wildman–Crippen MR) is 123 cm³/mol. The molecule has 4 atom stereocenters. The zero-order chi connectivity index (χ0) is 19.1. The van der Waals surface area contributed by atoms with Gasteiger partial charge >= 0.3 is 0 Å². The monoisotopic (exact) mass is 523 g/mol. The van der Waals surface area contributed by atoms with Gasteiger partial charge in [-0.3, -0.25) is 0 Å². The van der Waals surface area contributed by atoms with Crippen LogP contribution in [0.1, 0.15) is 45.4 Å². The molecule has 4 unspecified atom stereocenters. The van der Waals surface area contributed by atoms with Crippen molar-refractivity contribution in [1.29, 1.82) is 0 Å². The van der Waals surface area contributed by atoms with E-state index in [1.54, 1.807) is 0 Å². The third kappa shape index (κ3) is 4.38. The van der Waals surface area contributed by atoms with E-state index >= 15 is 0 Å². The molecule has 2 aliphatic carbocycles. The van der Waals surface area contributed by atoms with Crippen molar-refractivity contribution >= 4 is 39.8 Å². The smallest absolute Gasteiger partial charge is 0.191 e. The Bertz CT molecular complexity index is 718. The van der Waals surface area contributed by atoms with Gasteiger partial charge in [-0.2, -0.15) is 0 Å². The number of ether oxygens (including phenoxy) is 1. The summed E-state index contributed by atoms with van der Waals surface area (Å²) in [5, 5.41) is 7.16. The van der Waals surface area contributed by atoms with E-state index in [1.807, 2.05) is 6.92 Å². The molecular weight excluding hydrogens is 489 g/mol. The lowest BCUT2D eigenvalue weighted by atomic mass is 9.54. The average Bonchev–Trinajstić information content (AvgIpc) is 3.32. The van der Waals surface area contributed by atoms with E-state index in [9.17, 15) is 8.42 Å². The second-order valence-corrected chi connectivity index (χ2v) is 11.3. The highest BCUT2D eigenvalue weighted by Crippen LogP contribution is 2.60. The summed E-state index contributed by atoms with van der Waals surface area (Å²) in [6, 6.07) is 0.413. The first-order valence-corrected chi connectivity index (χ1v) is 12.2. The molecule has 0 aromatic heterocycles. The minimum atomic E-state index is -2.85. The van der Waals surface area contributed by atoms with Crippen LogP contribution in [-0.4, -0.2) is 57.7 Å². The largest absolute Gasteiger partial charge is 0.377 e. The first-order chi connectivity index (χ1) is 12.9. The van der Waals surface area contributed by atoms with E-state index in [2.05, 4.69) is 17.2 Å². The number of aliphatic imine (C=N–C) groups is 1. The molecule has 2 saturated heterocycles. The van der Waals surface area contributed by atoms with Gasteiger partial charge in [0, 0.05) is 30.5 Å². The molecule has 2 heterocycles. The number of fused-ring (bicyclic) bond motifs is 2. The molecule has 4 aliphatic rings. The van der Waals surface area contributed by atoms with Gasteiger partial charge < -0.3 is 15.4 Å². The average molecular weight is 523 g/mol. The van der Waals surface area contributed by atoms with E-state index in [0.29, 0.717) is 42.7 Å². The summed E-state index contributed by atoms with van der Waals surface area (Å²) in [7, 11) is -2.85. The number of nitrogens with one attached hydrogen (secondary N) is 2. The number of guanidine groups is 1. The Labute approximate surface area is 186 Å². The molecule has 4 rings (SSSR count). The van der Waals surface area contributed by atoms with Crippen LogP contribution in [0.3, 0.4) is 0 Å². The summed E-state index contributed by atoms with van der Waals surface area (Å²) in [5.74, 6) is 2.17. The van der Waals surface area contributed by atoms with E-state index in [1.165, 1.54) is 25.7 Å². The molecule has 0 aromatic carbocycles. The molecule has 8 heteroatoms. The molecule has 0 amide bonds. The van der Waals surface area contributed by atoms with E-state index in [4.69, 9.17) is 9.73 Å². The summed E-state index contributed by atoms with van der Waals surface area (Å²) < 4.78 is 29.5. The maximum absolute atomic E-state index is 11.7. The summed E-state index contributed by atoms with van der Waals surface area (Å²) in [6.45, 7) is 8.06. The minimum Gasteiger partial charge on any atom is -0.377 e. The van der Waals surface area contributed by atoms with Gasteiger partial charge in [0.15, 0.2) is 15.8 Å². The summed E-state index contributed by atoms with van der Waals surface area (Å²) in [6.07, 6.45) is 7.33. The van der Waals surface area contributed by atoms with Gasteiger partial charge in [0.1, 0.15) is 0 Å². The lowest BCUT2D eigenvalue weighted by Gasteiger charge is -2.57. The lowest BCUT2D eigenvalue weighted by molar-refractivity contribution is -0.125. The SMILES string of the molecule is C=C(C)CN=C(NCC1CCS(=O)(=O)C1)NC1C2CCOC2C12CCCC2.I. The van der Waals surface area contributed by atoms with Crippen LogP contribution < -0.4 is 10.6 Å². The lowest BCUT2D eigenvalue weighted by Crippen LogP contribution is -2.69. The Balaban J connectivity index is 0.00000225. The number of nitrogens with zero attached hydrogens (tertiary/aromatic N) is 1. The Hall–Kier alpha value is -0.350. The zero-order valence-corrected chi connectivity index (χ0v) is 19.9. The van der Waals surface area contributed by atoms with Crippen molar-refractivity contribution in [2.75, 3.05) is 31.2 Å². The van der Waals surface area contributed by atoms with Gasteiger partial charge in [0.2, 0.25) is 0 Å². The first-order valence-electron chi connectivity index (χ1n) is 10.4. The molecule has 1 spiro atoms. The van der Waals surface area contributed by atoms with Crippen molar-refractivity contribution in [3.8, 4) is 0 Å². The number of hydrogen-bond acceptors (Lipinski definition) is 4. The summed E-state index contributed by atoms with van der Waals surface area (Å²) >= 11 is 0. The van der Waals surface area contributed by atoms with Gasteiger partial charge in [-0.05, 0) is 38.5 Å². The topological polar surface area (TPSA) is 79.8 Å². The maximum Gasteiger partial charge on any atom is 0.191 e. The van der Waals surface area contributed by atoms with E-state index in [0.717, 1.165) is 31.0 Å². The second-order valence-electron chi connectivity index (χ2n) is 9.08. The van der Waals surface area contributed by atoms with Gasteiger partial charge in [0.05, 0.1) is 24.2 Å². The number of rotatable bonds is 5. The second kappa shape index (κ2) is 8.79. The molecule has 2 saturated carbocycles. The third-order valence-corrected chi connectivity index (χ3v) is 8.81. The molecule has 6 nitrogen and oxygen atoms in total. The summed E-state index contributed by atoms with van der Waals surface area (Å²) in [5.41, 5.74) is 1.29. The van der Waals surface area contributed by atoms with Crippen LogP contribution in [0.25, 0.3) is 0 Å². The van der Waals surface area contributed by atoms with Crippen molar-refractivity contribution < 1.29 is 13.2 Å². The van der Waals surface area contributed by atoms with Crippen LogP contribution in [0.15, 0.2) is 17.1 Å². The highest BCUT2D eigenvalue weighted by molar-refractivity contribution is 14.0. The van der Waals surface area contributed by atoms with Crippen LogP contribution in [-0.2, 0) is 14.6 Å².